The second kappa shape index (κ2) is 7.49. The normalized spacial score (nSPS) is 9.88. The molecule has 2 rings (SSSR count). The summed E-state index contributed by atoms with van der Waals surface area (Å²) in [4.78, 5) is 23.9. The maximum atomic E-state index is 12.0. The number of nitrogens with one attached hydrogen (secondary N) is 1. The molecule has 0 aliphatic heterocycles. The van der Waals surface area contributed by atoms with Crippen molar-refractivity contribution in [3.05, 3.63) is 58.1 Å². The Kier molecular flexibility index (Phi) is 5.40. The van der Waals surface area contributed by atoms with Gasteiger partial charge < -0.3 is 15.8 Å². The highest BCUT2D eigenvalue weighted by Crippen LogP contribution is 2.20. The van der Waals surface area contributed by atoms with E-state index in [4.69, 9.17) is 27.3 Å². The van der Waals surface area contributed by atoms with E-state index >= 15 is 0 Å². The van der Waals surface area contributed by atoms with Crippen LogP contribution in [0.15, 0.2) is 36.4 Å². The second-order valence-electron chi connectivity index (χ2n) is 4.96. The van der Waals surface area contributed by atoms with Crippen LogP contribution in [0.25, 0.3) is 0 Å². The van der Waals surface area contributed by atoms with Gasteiger partial charge in [0.1, 0.15) is 6.07 Å². The Labute approximate surface area is 143 Å². The summed E-state index contributed by atoms with van der Waals surface area (Å²) >= 11 is 5.84. The number of carbonyl (C=O) groups excluding carboxylic acids is 2. The fourth-order valence-corrected chi connectivity index (χ4v) is 2.14. The molecule has 3 N–H and O–H groups in total. The standard InChI is InChI=1S/C17H14ClN3O3/c1-10-3-2-4-13(16(10)20)17(23)24-9-15(22)21-14-7-12(18)6-5-11(14)8-19/h2-7H,9,20H2,1H3,(H,21,22). The van der Waals surface area contributed by atoms with Crippen LogP contribution in [-0.2, 0) is 9.53 Å². The van der Waals surface area contributed by atoms with Crippen LogP contribution in [0.3, 0.4) is 0 Å². The maximum Gasteiger partial charge on any atom is 0.340 e. The molecule has 0 radical (unpaired) electrons. The van der Waals surface area contributed by atoms with Crippen LogP contribution in [0.4, 0.5) is 11.4 Å². The first-order valence-electron chi connectivity index (χ1n) is 6.94. The highest BCUT2D eigenvalue weighted by Gasteiger charge is 2.15. The van der Waals surface area contributed by atoms with Crippen molar-refractivity contribution in [3.63, 3.8) is 0 Å². The Morgan fingerprint density at radius 1 is 1.33 bits per heavy atom. The minimum absolute atomic E-state index is 0.197. The minimum Gasteiger partial charge on any atom is -0.452 e. The summed E-state index contributed by atoms with van der Waals surface area (Å²) in [5.74, 6) is -1.29. The van der Waals surface area contributed by atoms with Gasteiger partial charge in [-0.1, -0.05) is 23.7 Å². The Balaban J connectivity index is 2.01. The molecule has 0 atom stereocenters. The lowest BCUT2D eigenvalue weighted by atomic mass is 10.1. The molecule has 0 aliphatic rings. The number of benzene rings is 2. The number of hydrogen-bond acceptors (Lipinski definition) is 5. The number of esters is 1. The number of ether oxygens (including phenoxy) is 1. The van der Waals surface area contributed by atoms with Crippen LogP contribution in [0.2, 0.25) is 5.02 Å². The van der Waals surface area contributed by atoms with Crippen LogP contribution in [0.1, 0.15) is 21.5 Å². The molecule has 6 nitrogen and oxygen atoms in total. The minimum atomic E-state index is -0.696. The van der Waals surface area contributed by atoms with Crippen molar-refractivity contribution in [2.45, 2.75) is 6.92 Å². The summed E-state index contributed by atoms with van der Waals surface area (Å²) in [6, 6.07) is 11.4. The van der Waals surface area contributed by atoms with Gasteiger partial charge in [-0.2, -0.15) is 5.26 Å². The molecule has 0 aliphatic carbocycles. The van der Waals surface area contributed by atoms with Crippen LogP contribution in [0.5, 0.6) is 0 Å². The Morgan fingerprint density at radius 3 is 2.79 bits per heavy atom. The number of para-hydroxylation sites is 1. The smallest absolute Gasteiger partial charge is 0.340 e. The zero-order valence-corrected chi connectivity index (χ0v) is 13.6. The summed E-state index contributed by atoms with van der Waals surface area (Å²) < 4.78 is 4.95. The average Bonchev–Trinajstić information content (AvgIpc) is 2.55. The SMILES string of the molecule is Cc1cccc(C(=O)OCC(=O)Nc2cc(Cl)ccc2C#N)c1N. The van der Waals surface area contributed by atoms with Crippen molar-refractivity contribution in [3.8, 4) is 6.07 Å². The Bertz CT molecular complexity index is 843. The van der Waals surface area contributed by atoms with Gasteiger partial charge in [0, 0.05) is 10.7 Å². The summed E-state index contributed by atoms with van der Waals surface area (Å²) in [7, 11) is 0. The van der Waals surface area contributed by atoms with Gasteiger partial charge in [0.05, 0.1) is 16.8 Å². The number of rotatable bonds is 4. The van der Waals surface area contributed by atoms with E-state index in [1.807, 2.05) is 6.07 Å². The maximum absolute atomic E-state index is 12.0. The molecule has 0 saturated heterocycles. The van der Waals surface area contributed by atoms with E-state index in [1.165, 1.54) is 24.3 Å². The number of nitrogen functional groups attached to an aromatic ring is 1. The number of anilines is 2. The predicted molar refractivity (Wildman–Crippen MR) is 90.7 cm³/mol. The van der Waals surface area contributed by atoms with E-state index < -0.39 is 18.5 Å². The third-order valence-electron chi connectivity index (χ3n) is 3.25. The molecule has 0 spiro atoms. The molecule has 122 valence electrons. The number of nitriles is 1. The molecule has 0 unspecified atom stereocenters. The molecule has 2 aromatic carbocycles. The summed E-state index contributed by atoms with van der Waals surface area (Å²) in [5, 5.41) is 11.9. The van der Waals surface area contributed by atoms with Gasteiger partial charge in [0.25, 0.3) is 5.91 Å². The molecular formula is C17H14ClN3O3. The van der Waals surface area contributed by atoms with Gasteiger partial charge in [0.2, 0.25) is 0 Å². The Morgan fingerprint density at radius 2 is 2.08 bits per heavy atom. The van der Waals surface area contributed by atoms with E-state index in [9.17, 15) is 9.59 Å². The second-order valence-corrected chi connectivity index (χ2v) is 5.40. The zero-order chi connectivity index (χ0) is 17.7. The third-order valence-corrected chi connectivity index (χ3v) is 3.49. The Hall–Kier alpha value is -3.04. The predicted octanol–water partition coefficient (Wildman–Crippen LogP) is 2.90. The molecular weight excluding hydrogens is 330 g/mol. The molecule has 0 saturated carbocycles. The van der Waals surface area contributed by atoms with Gasteiger partial charge in [-0.25, -0.2) is 4.79 Å². The first-order valence-corrected chi connectivity index (χ1v) is 7.32. The lowest BCUT2D eigenvalue weighted by Gasteiger charge is -2.10. The van der Waals surface area contributed by atoms with Crippen LogP contribution in [-0.4, -0.2) is 18.5 Å². The van der Waals surface area contributed by atoms with E-state index in [1.54, 1.807) is 19.1 Å². The van der Waals surface area contributed by atoms with Gasteiger partial charge >= 0.3 is 5.97 Å². The molecule has 1 amide bonds. The van der Waals surface area contributed by atoms with Gasteiger partial charge in [-0.3, -0.25) is 4.79 Å². The first kappa shape index (κ1) is 17.3. The van der Waals surface area contributed by atoms with Crippen molar-refractivity contribution in [2.75, 3.05) is 17.7 Å². The van der Waals surface area contributed by atoms with Gasteiger partial charge in [-0.05, 0) is 36.8 Å². The molecule has 24 heavy (non-hydrogen) atoms. The molecule has 0 aromatic heterocycles. The number of nitrogens with two attached hydrogens (primary N) is 1. The number of hydrogen-bond donors (Lipinski definition) is 2. The highest BCUT2D eigenvalue weighted by molar-refractivity contribution is 6.31. The number of amides is 1. The number of aryl methyl sites for hydroxylation is 1. The van der Waals surface area contributed by atoms with Crippen molar-refractivity contribution >= 4 is 34.9 Å². The van der Waals surface area contributed by atoms with Crippen molar-refractivity contribution < 1.29 is 14.3 Å². The quantitative estimate of drug-likeness (QED) is 0.656. The van der Waals surface area contributed by atoms with Crippen molar-refractivity contribution in [1.82, 2.24) is 0 Å². The lowest BCUT2D eigenvalue weighted by molar-refractivity contribution is -0.119. The van der Waals surface area contributed by atoms with E-state index in [0.717, 1.165) is 5.56 Å². The van der Waals surface area contributed by atoms with E-state index in [-0.39, 0.29) is 16.8 Å². The number of nitrogens with zero attached hydrogens (tertiary/aromatic N) is 1. The van der Waals surface area contributed by atoms with Crippen LogP contribution < -0.4 is 11.1 Å². The summed E-state index contributed by atoms with van der Waals surface area (Å²) in [6.45, 7) is 1.25. The van der Waals surface area contributed by atoms with Crippen LogP contribution in [0, 0.1) is 18.3 Å². The van der Waals surface area contributed by atoms with Gasteiger partial charge in [0.15, 0.2) is 6.61 Å². The topological polar surface area (TPSA) is 105 Å². The molecule has 2 aromatic rings. The van der Waals surface area contributed by atoms with E-state index in [2.05, 4.69) is 5.32 Å². The van der Waals surface area contributed by atoms with Crippen molar-refractivity contribution in [1.29, 1.82) is 5.26 Å². The number of carbonyl (C=O) groups is 2. The average molecular weight is 344 g/mol. The van der Waals surface area contributed by atoms with Crippen molar-refractivity contribution in [2.24, 2.45) is 0 Å². The third kappa shape index (κ3) is 4.03. The highest BCUT2D eigenvalue weighted by atomic mass is 35.5. The zero-order valence-electron chi connectivity index (χ0n) is 12.8. The molecule has 0 heterocycles. The lowest BCUT2D eigenvalue weighted by Crippen LogP contribution is -2.22. The fourth-order valence-electron chi connectivity index (χ4n) is 1.97. The fraction of sp³-hybridized carbons (Fsp3) is 0.118. The van der Waals surface area contributed by atoms with Crippen LogP contribution >= 0.6 is 11.6 Å². The monoisotopic (exact) mass is 343 g/mol. The first-order chi connectivity index (χ1) is 11.4. The summed E-state index contributed by atoms with van der Waals surface area (Å²) in [6.07, 6.45) is 0. The molecule has 0 bridgehead atoms. The molecule has 0 fully saturated rings. The van der Waals surface area contributed by atoms with E-state index in [0.29, 0.717) is 10.7 Å². The summed E-state index contributed by atoms with van der Waals surface area (Å²) in [5.41, 5.74) is 7.57. The van der Waals surface area contributed by atoms with Gasteiger partial charge in [-0.15, -0.1) is 0 Å². The number of halogens is 1. The largest absolute Gasteiger partial charge is 0.452 e. The molecule has 7 heteroatoms.